The van der Waals surface area contributed by atoms with Crippen LogP contribution in [0.1, 0.15) is 71.1 Å². The first-order chi connectivity index (χ1) is 15.5. The number of alkyl halides is 9. The fourth-order valence-corrected chi connectivity index (χ4v) is 5.12. The standard InChI is InChI=1S/C20H33F9N2O2S/c1-2-3-4-5-6-7-8-9-10-11-12-30-13-15-31(16-14-30)34(32,33)20(28,29)18(23,24)17(21,22)19(25,26)27/h2-16H2,1H3. The van der Waals surface area contributed by atoms with Gasteiger partial charge in [0.15, 0.2) is 0 Å². The maximum atomic E-state index is 14.0. The van der Waals surface area contributed by atoms with Gasteiger partial charge < -0.3 is 4.90 Å². The van der Waals surface area contributed by atoms with Crippen molar-refractivity contribution in [1.82, 2.24) is 9.21 Å². The van der Waals surface area contributed by atoms with Gasteiger partial charge in [0, 0.05) is 26.2 Å². The highest BCUT2D eigenvalue weighted by atomic mass is 32.2. The largest absolute Gasteiger partial charge is 0.460 e. The number of unbranched alkanes of at least 4 members (excludes halogenated alkanes) is 9. The molecular formula is C20H33F9N2O2S. The van der Waals surface area contributed by atoms with E-state index in [9.17, 15) is 47.9 Å². The van der Waals surface area contributed by atoms with Gasteiger partial charge in [-0.15, -0.1) is 0 Å². The van der Waals surface area contributed by atoms with Crippen LogP contribution in [0.3, 0.4) is 0 Å². The minimum atomic E-state index is -7.24. The topological polar surface area (TPSA) is 40.6 Å². The number of halogens is 9. The molecule has 0 unspecified atom stereocenters. The van der Waals surface area contributed by atoms with E-state index in [4.69, 9.17) is 0 Å². The number of piperazine rings is 1. The van der Waals surface area contributed by atoms with E-state index in [1.54, 1.807) is 4.90 Å². The maximum absolute atomic E-state index is 14.0. The molecule has 0 aromatic carbocycles. The van der Waals surface area contributed by atoms with Crippen molar-refractivity contribution in [3.05, 3.63) is 0 Å². The highest BCUT2D eigenvalue weighted by Gasteiger charge is 2.85. The second-order valence-corrected chi connectivity index (χ2v) is 10.6. The minimum Gasteiger partial charge on any atom is -0.301 e. The smallest absolute Gasteiger partial charge is 0.301 e. The van der Waals surface area contributed by atoms with Crippen molar-refractivity contribution in [3.8, 4) is 0 Å². The lowest BCUT2D eigenvalue weighted by atomic mass is 10.1. The number of sulfonamides is 1. The Morgan fingerprint density at radius 3 is 1.44 bits per heavy atom. The second-order valence-electron chi connectivity index (χ2n) is 8.59. The van der Waals surface area contributed by atoms with Gasteiger partial charge in [0.2, 0.25) is 0 Å². The molecule has 0 amide bonds. The molecule has 34 heavy (non-hydrogen) atoms. The van der Waals surface area contributed by atoms with Crippen molar-refractivity contribution >= 4 is 10.0 Å². The molecule has 0 radical (unpaired) electrons. The Hall–Kier alpha value is -0.760. The summed E-state index contributed by atoms with van der Waals surface area (Å²) >= 11 is 0. The van der Waals surface area contributed by atoms with Gasteiger partial charge in [-0.25, -0.2) is 8.42 Å². The molecule has 0 atom stereocenters. The van der Waals surface area contributed by atoms with Crippen molar-refractivity contribution in [1.29, 1.82) is 0 Å². The molecule has 204 valence electrons. The number of hydrogen-bond donors (Lipinski definition) is 0. The first-order valence-electron chi connectivity index (χ1n) is 11.5. The molecule has 0 aliphatic carbocycles. The monoisotopic (exact) mass is 536 g/mol. The van der Waals surface area contributed by atoms with E-state index in [0.29, 0.717) is 6.54 Å². The normalized spacial score (nSPS) is 17.9. The number of rotatable bonds is 15. The first-order valence-corrected chi connectivity index (χ1v) is 12.9. The van der Waals surface area contributed by atoms with E-state index < -0.39 is 46.4 Å². The molecule has 0 aromatic rings. The Kier molecular flexibility index (Phi) is 11.5. The van der Waals surface area contributed by atoms with Gasteiger partial charge in [-0.1, -0.05) is 64.7 Å². The summed E-state index contributed by atoms with van der Waals surface area (Å²) in [5, 5.41) is -6.66. The average molecular weight is 537 g/mol. The summed E-state index contributed by atoms with van der Waals surface area (Å²) in [4.78, 5) is 1.71. The lowest BCUT2D eigenvalue weighted by molar-refractivity contribution is -0.382. The summed E-state index contributed by atoms with van der Waals surface area (Å²) in [5.74, 6) is -14.4. The highest BCUT2D eigenvalue weighted by Crippen LogP contribution is 2.55. The third-order valence-electron chi connectivity index (χ3n) is 5.94. The summed E-state index contributed by atoms with van der Waals surface area (Å²) in [5.41, 5.74) is 0. The van der Waals surface area contributed by atoms with Crippen molar-refractivity contribution in [3.63, 3.8) is 0 Å². The van der Waals surface area contributed by atoms with Crippen LogP contribution < -0.4 is 0 Å². The Morgan fingerprint density at radius 2 is 1.03 bits per heavy atom. The van der Waals surface area contributed by atoms with Crippen LogP contribution in [0.2, 0.25) is 0 Å². The fourth-order valence-electron chi connectivity index (χ4n) is 3.70. The summed E-state index contributed by atoms with van der Waals surface area (Å²) in [7, 11) is -6.49. The van der Waals surface area contributed by atoms with Gasteiger partial charge in [-0.2, -0.15) is 43.8 Å². The van der Waals surface area contributed by atoms with Crippen LogP contribution >= 0.6 is 0 Å². The molecule has 1 rings (SSSR count). The zero-order valence-corrected chi connectivity index (χ0v) is 19.9. The number of hydrogen-bond acceptors (Lipinski definition) is 3. The Balaban J connectivity index is 2.51. The summed E-state index contributed by atoms with van der Waals surface area (Å²) in [6.07, 6.45) is 3.80. The van der Waals surface area contributed by atoms with Crippen LogP contribution in [0.25, 0.3) is 0 Å². The molecule has 0 N–H and O–H groups in total. The van der Waals surface area contributed by atoms with Crippen LogP contribution in [0, 0.1) is 0 Å². The SMILES string of the molecule is CCCCCCCCCCCCN1CCN(S(=O)(=O)C(F)(F)C(F)(F)C(F)(F)C(F)(F)F)CC1. The van der Waals surface area contributed by atoms with Gasteiger partial charge >= 0.3 is 23.3 Å². The molecule has 0 aromatic heterocycles. The zero-order chi connectivity index (χ0) is 26.3. The molecule has 0 bridgehead atoms. The van der Waals surface area contributed by atoms with E-state index in [0.717, 1.165) is 32.1 Å². The van der Waals surface area contributed by atoms with E-state index in [-0.39, 0.29) is 17.4 Å². The van der Waals surface area contributed by atoms with Gasteiger partial charge in [0.05, 0.1) is 0 Å². The van der Waals surface area contributed by atoms with E-state index in [2.05, 4.69) is 6.92 Å². The van der Waals surface area contributed by atoms with Crippen LogP contribution in [-0.2, 0) is 10.0 Å². The molecular weight excluding hydrogens is 503 g/mol. The van der Waals surface area contributed by atoms with Crippen molar-refractivity contribution in [2.75, 3.05) is 32.7 Å². The van der Waals surface area contributed by atoms with E-state index in [1.807, 2.05) is 0 Å². The molecule has 1 fully saturated rings. The predicted octanol–water partition coefficient (Wildman–Crippen LogP) is 6.28. The minimum absolute atomic E-state index is 0.131. The van der Waals surface area contributed by atoms with Gasteiger partial charge in [-0.05, 0) is 13.0 Å². The maximum Gasteiger partial charge on any atom is 0.460 e. The van der Waals surface area contributed by atoms with Crippen molar-refractivity contribution < 1.29 is 47.9 Å². The molecule has 0 spiro atoms. The molecule has 1 heterocycles. The molecule has 1 saturated heterocycles. The Bertz CT molecular complexity index is 707. The second kappa shape index (κ2) is 12.5. The predicted molar refractivity (Wildman–Crippen MR) is 110 cm³/mol. The third kappa shape index (κ3) is 7.14. The zero-order valence-electron chi connectivity index (χ0n) is 19.1. The quantitative estimate of drug-likeness (QED) is 0.183. The van der Waals surface area contributed by atoms with Crippen LogP contribution in [0.5, 0.6) is 0 Å². The lowest BCUT2D eigenvalue weighted by Crippen LogP contribution is -2.66. The van der Waals surface area contributed by atoms with Crippen molar-refractivity contribution in [2.45, 2.75) is 94.4 Å². The fraction of sp³-hybridized carbons (Fsp3) is 1.00. The van der Waals surface area contributed by atoms with Crippen LogP contribution in [0.15, 0.2) is 0 Å². The Labute approximate surface area is 194 Å². The summed E-state index contributed by atoms with van der Waals surface area (Å²) in [6, 6.07) is 0. The van der Waals surface area contributed by atoms with Crippen LogP contribution in [0.4, 0.5) is 39.5 Å². The number of nitrogens with zero attached hydrogens (tertiary/aromatic N) is 2. The van der Waals surface area contributed by atoms with Crippen molar-refractivity contribution in [2.24, 2.45) is 0 Å². The Morgan fingerprint density at radius 1 is 0.618 bits per heavy atom. The molecule has 0 saturated carbocycles. The summed E-state index contributed by atoms with van der Waals surface area (Å²) < 4.78 is 142. The lowest BCUT2D eigenvalue weighted by Gasteiger charge is -2.38. The summed E-state index contributed by atoms with van der Waals surface area (Å²) in [6.45, 7) is 0.949. The molecule has 4 nitrogen and oxygen atoms in total. The molecule has 1 aliphatic rings. The van der Waals surface area contributed by atoms with Gasteiger partial charge in [0.25, 0.3) is 10.0 Å². The highest BCUT2D eigenvalue weighted by molar-refractivity contribution is 7.90. The first kappa shape index (κ1) is 31.3. The van der Waals surface area contributed by atoms with E-state index >= 15 is 0 Å². The third-order valence-corrected chi connectivity index (χ3v) is 7.89. The molecule has 14 heteroatoms. The average Bonchev–Trinajstić information content (AvgIpc) is 2.74. The van der Waals surface area contributed by atoms with Gasteiger partial charge in [0.1, 0.15) is 0 Å². The van der Waals surface area contributed by atoms with E-state index in [1.165, 1.54) is 32.1 Å². The van der Waals surface area contributed by atoms with Crippen LogP contribution in [-0.4, -0.2) is 73.6 Å². The molecule has 1 aliphatic heterocycles. The van der Waals surface area contributed by atoms with Gasteiger partial charge in [-0.3, -0.25) is 0 Å².